The third-order valence-electron chi connectivity index (χ3n) is 3.67. The Morgan fingerprint density at radius 1 is 1.44 bits per heavy atom. The van der Waals surface area contributed by atoms with Gasteiger partial charge in [0, 0.05) is 26.2 Å². The van der Waals surface area contributed by atoms with Gasteiger partial charge in [-0.3, -0.25) is 0 Å². The number of piperidine rings is 1. The Kier molecular flexibility index (Phi) is 4.24. The first-order valence-corrected chi connectivity index (χ1v) is 6.60. The minimum absolute atomic E-state index is 0.577. The number of aryl methyl sites for hydroxylation is 2. The van der Waals surface area contributed by atoms with Crippen molar-refractivity contribution in [2.45, 2.75) is 32.4 Å². The monoisotopic (exact) mass is 252 g/mol. The van der Waals surface area contributed by atoms with E-state index in [1.165, 1.54) is 24.9 Å². The Balaban J connectivity index is 1.97. The molecule has 1 aliphatic heterocycles. The summed E-state index contributed by atoms with van der Waals surface area (Å²) in [5.74, 6) is 0.865. The van der Waals surface area contributed by atoms with Crippen molar-refractivity contribution in [1.29, 1.82) is 0 Å². The van der Waals surface area contributed by atoms with Crippen LogP contribution in [-0.4, -0.2) is 48.0 Å². The number of likely N-dealkylation sites (tertiary alicyclic amines) is 1. The molecule has 0 aliphatic carbocycles. The van der Waals surface area contributed by atoms with Crippen molar-refractivity contribution in [3.8, 4) is 5.88 Å². The van der Waals surface area contributed by atoms with Gasteiger partial charge in [-0.2, -0.15) is 5.10 Å². The maximum Gasteiger partial charge on any atom is 0.216 e. The van der Waals surface area contributed by atoms with Crippen LogP contribution >= 0.6 is 0 Å². The second-order valence-electron chi connectivity index (χ2n) is 5.18. The van der Waals surface area contributed by atoms with E-state index in [4.69, 9.17) is 4.74 Å². The molecule has 1 fully saturated rings. The van der Waals surface area contributed by atoms with Crippen molar-refractivity contribution in [1.82, 2.24) is 20.0 Å². The number of aromatic nitrogens is 2. The first-order chi connectivity index (χ1) is 8.61. The lowest BCUT2D eigenvalue weighted by Gasteiger charge is -2.30. The molecule has 102 valence electrons. The molecule has 1 unspecified atom stereocenters. The molecular formula is C13H24N4O. The highest BCUT2D eigenvalue weighted by molar-refractivity contribution is 5.30. The van der Waals surface area contributed by atoms with Crippen LogP contribution in [0.15, 0.2) is 0 Å². The van der Waals surface area contributed by atoms with E-state index in [1.54, 1.807) is 11.8 Å². The quantitative estimate of drug-likeness (QED) is 0.865. The number of nitrogens with zero attached hydrogens (tertiary/aromatic N) is 3. The lowest BCUT2D eigenvalue weighted by Crippen LogP contribution is -2.43. The summed E-state index contributed by atoms with van der Waals surface area (Å²) in [5.41, 5.74) is 2.22. The van der Waals surface area contributed by atoms with Crippen molar-refractivity contribution >= 4 is 0 Å². The smallest absolute Gasteiger partial charge is 0.216 e. The molecule has 1 atom stereocenters. The van der Waals surface area contributed by atoms with Crippen molar-refractivity contribution in [2.24, 2.45) is 7.05 Å². The summed E-state index contributed by atoms with van der Waals surface area (Å²) < 4.78 is 7.21. The van der Waals surface area contributed by atoms with Gasteiger partial charge >= 0.3 is 0 Å². The maximum absolute atomic E-state index is 5.41. The number of nitrogens with one attached hydrogen (secondary N) is 1. The van der Waals surface area contributed by atoms with E-state index in [9.17, 15) is 0 Å². The molecule has 1 aromatic rings. The molecule has 5 heteroatoms. The molecule has 0 spiro atoms. The van der Waals surface area contributed by atoms with E-state index in [0.717, 1.165) is 24.7 Å². The molecule has 18 heavy (non-hydrogen) atoms. The first-order valence-electron chi connectivity index (χ1n) is 6.60. The van der Waals surface area contributed by atoms with Gasteiger partial charge in [0.2, 0.25) is 5.88 Å². The fraction of sp³-hybridized carbons (Fsp3) is 0.769. The van der Waals surface area contributed by atoms with Crippen molar-refractivity contribution in [3.05, 3.63) is 11.3 Å². The Bertz CT molecular complexity index is 402. The Morgan fingerprint density at radius 3 is 2.89 bits per heavy atom. The Morgan fingerprint density at radius 2 is 2.22 bits per heavy atom. The third-order valence-corrected chi connectivity index (χ3v) is 3.67. The minimum atomic E-state index is 0.577. The highest BCUT2D eigenvalue weighted by Crippen LogP contribution is 2.21. The Labute approximate surface area is 109 Å². The van der Waals surface area contributed by atoms with E-state index in [0.29, 0.717) is 6.04 Å². The number of rotatable bonds is 4. The lowest BCUT2D eigenvalue weighted by atomic mass is 10.1. The van der Waals surface area contributed by atoms with Crippen LogP contribution < -0.4 is 10.1 Å². The summed E-state index contributed by atoms with van der Waals surface area (Å²) in [5, 5.41) is 8.02. The third kappa shape index (κ3) is 2.84. The molecule has 2 rings (SSSR count). The summed E-state index contributed by atoms with van der Waals surface area (Å²) in [4.78, 5) is 2.38. The van der Waals surface area contributed by atoms with Crippen LogP contribution in [0.3, 0.4) is 0 Å². The summed E-state index contributed by atoms with van der Waals surface area (Å²) in [6, 6.07) is 0.577. The summed E-state index contributed by atoms with van der Waals surface area (Å²) >= 11 is 0. The van der Waals surface area contributed by atoms with E-state index < -0.39 is 0 Å². The van der Waals surface area contributed by atoms with Crippen LogP contribution in [0.25, 0.3) is 0 Å². The van der Waals surface area contributed by atoms with Gasteiger partial charge in [-0.1, -0.05) is 0 Å². The van der Waals surface area contributed by atoms with Crippen LogP contribution in [-0.2, 0) is 13.6 Å². The average molecular weight is 252 g/mol. The van der Waals surface area contributed by atoms with Crippen LogP contribution in [0.1, 0.15) is 24.1 Å². The van der Waals surface area contributed by atoms with Gasteiger partial charge in [-0.25, -0.2) is 4.68 Å². The van der Waals surface area contributed by atoms with Crippen LogP contribution in [0.4, 0.5) is 0 Å². The number of hydrogen-bond donors (Lipinski definition) is 1. The zero-order valence-corrected chi connectivity index (χ0v) is 11.9. The lowest BCUT2D eigenvalue weighted by molar-refractivity contribution is 0.226. The summed E-state index contributed by atoms with van der Waals surface area (Å²) in [6.07, 6.45) is 2.53. The summed E-state index contributed by atoms with van der Waals surface area (Å²) in [6.45, 7) is 5.21. The van der Waals surface area contributed by atoms with Crippen molar-refractivity contribution in [3.63, 3.8) is 0 Å². The van der Waals surface area contributed by atoms with Gasteiger partial charge in [0.25, 0.3) is 0 Å². The fourth-order valence-corrected chi connectivity index (χ4v) is 2.72. The first kappa shape index (κ1) is 13.4. The second kappa shape index (κ2) is 5.71. The van der Waals surface area contributed by atoms with E-state index in [1.807, 2.05) is 14.0 Å². The number of ether oxygens (including phenoxy) is 1. The van der Waals surface area contributed by atoms with Gasteiger partial charge in [0.1, 0.15) is 0 Å². The molecule has 1 N–H and O–H groups in total. The number of likely N-dealkylation sites (N-methyl/N-ethyl adjacent to an activating group) is 1. The molecule has 1 aromatic heterocycles. The molecule has 1 saturated heterocycles. The number of hydrogen-bond acceptors (Lipinski definition) is 4. The zero-order chi connectivity index (χ0) is 13.1. The normalized spacial score (nSPS) is 21.2. The molecule has 0 radical (unpaired) electrons. The molecular weight excluding hydrogens is 228 g/mol. The van der Waals surface area contributed by atoms with Gasteiger partial charge in [0.05, 0.1) is 18.4 Å². The standard InChI is InChI=1S/C13H24N4O/c1-10-12(13(18-4)17(3)15-10)8-14-11-6-5-7-16(2)9-11/h11,14H,5-9H2,1-4H3. The predicted octanol–water partition coefficient (Wildman–Crippen LogP) is 0.921. The topological polar surface area (TPSA) is 42.3 Å². The Hall–Kier alpha value is -1.07. The molecule has 0 aromatic carbocycles. The zero-order valence-electron chi connectivity index (χ0n) is 11.9. The highest BCUT2D eigenvalue weighted by atomic mass is 16.5. The predicted molar refractivity (Wildman–Crippen MR) is 71.9 cm³/mol. The largest absolute Gasteiger partial charge is 0.481 e. The van der Waals surface area contributed by atoms with Crippen molar-refractivity contribution < 1.29 is 4.74 Å². The van der Waals surface area contributed by atoms with E-state index >= 15 is 0 Å². The second-order valence-corrected chi connectivity index (χ2v) is 5.18. The van der Waals surface area contributed by atoms with Crippen LogP contribution in [0.2, 0.25) is 0 Å². The number of methoxy groups -OCH3 is 1. The van der Waals surface area contributed by atoms with E-state index in [2.05, 4.69) is 22.4 Å². The van der Waals surface area contributed by atoms with Crippen LogP contribution in [0, 0.1) is 6.92 Å². The van der Waals surface area contributed by atoms with Crippen molar-refractivity contribution in [2.75, 3.05) is 27.2 Å². The minimum Gasteiger partial charge on any atom is -0.481 e. The van der Waals surface area contributed by atoms with Crippen LogP contribution in [0.5, 0.6) is 5.88 Å². The SMILES string of the molecule is COc1c(CNC2CCCN(C)C2)c(C)nn1C. The van der Waals surface area contributed by atoms with E-state index in [-0.39, 0.29) is 0 Å². The maximum atomic E-state index is 5.41. The molecule has 2 heterocycles. The average Bonchev–Trinajstić information content (AvgIpc) is 2.60. The molecule has 1 aliphatic rings. The molecule has 5 nitrogen and oxygen atoms in total. The summed E-state index contributed by atoms with van der Waals surface area (Å²) in [7, 11) is 5.81. The molecule has 0 bridgehead atoms. The fourth-order valence-electron chi connectivity index (χ4n) is 2.72. The van der Waals surface area contributed by atoms with Gasteiger partial charge in [-0.15, -0.1) is 0 Å². The highest BCUT2D eigenvalue weighted by Gasteiger charge is 2.19. The van der Waals surface area contributed by atoms with Gasteiger partial charge in [-0.05, 0) is 33.4 Å². The molecule has 0 amide bonds. The van der Waals surface area contributed by atoms with Gasteiger partial charge in [0.15, 0.2) is 0 Å². The van der Waals surface area contributed by atoms with Gasteiger partial charge < -0.3 is 15.0 Å². The molecule has 0 saturated carbocycles.